The smallest absolute Gasteiger partial charge is 0.191 e. The molecule has 0 radical (unpaired) electrons. The molecule has 1 saturated heterocycles. The molecule has 6 nitrogen and oxygen atoms in total. The number of rotatable bonds is 7. The van der Waals surface area contributed by atoms with Gasteiger partial charge in [0.15, 0.2) is 5.96 Å². The van der Waals surface area contributed by atoms with Gasteiger partial charge in [-0.2, -0.15) is 0 Å². The van der Waals surface area contributed by atoms with E-state index in [4.69, 9.17) is 14.5 Å². The molecule has 2 aliphatic rings. The van der Waals surface area contributed by atoms with E-state index in [1.54, 1.807) is 0 Å². The predicted molar refractivity (Wildman–Crippen MR) is 109 cm³/mol. The second kappa shape index (κ2) is 12.9. The Bertz CT molecular complexity index is 398. The van der Waals surface area contributed by atoms with E-state index < -0.39 is 0 Å². The van der Waals surface area contributed by atoms with E-state index in [2.05, 4.69) is 35.5 Å². The van der Waals surface area contributed by atoms with Crippen LogP contribution in [-0.2, 0) is 9.47 Å². The molecule has 2 N–H and O–H groups in total. The van der Waals surface area contributed by atoms with E-state index in [0.717, 1.165) is 78.0 Å². The molecule has 1 fully saturated rings. The lowest BCUT2D eigenvalue weighted by Crippen LogP contribution is -2.44. The molecular weight excluding hydrogens is 419 g/mol. The summed E-state index contributed by atoms with van der Waals surface area (Å²) < 4.78 is 10.8. The third kappa shape index (κ3) is 8.13. The first-order valence-corrected chi connectivity index (χ1v) is 8.89. The van der Waals surface area contributed by atoms with Gasteiger partial charge in [-0.15, -0.1) is 24.0 Å². The lowest BCUT2D eigenvalue weighted by Gasteiger charge is -2.31. The van der Waals surface area contributed by atoms with Crippen molar-refractivity contribution in [3.8, 4) is 0 Å². The van der Waals surface area contributed by atoms with Crippen molar-refractivity contribution in [2.24, 2.45) is 4.99 Å². The first-order valence-electron chi connectivity index (χ1n) is 8.89. The zero-order valence-corrected chi connectivity index (χ0v) is 17.4. The number of halogens is 1. The van der Waals surface area contributed by atoms with Gasteiger partial charge in [-0.05, 0) is 26.7 Å². The van der Waals surface area contributed by atoms with Crippen LogP contribution in [0, 0.1) is 0 Å². The van der Waals surface area contributed by atoms with Crippen LogP contribution in [0.5, 0.6) is 0 Å². The molecule has 2 aliphatic heterocycles. The standard InChI is InChI=1S/C17H32N4O2.HI/c1-3-18-17(19-7-4-16-5-10-22-11-6-16)20-14-15(2)21-8-12-23-13-9-21;/h5,15H,3-4,6-14H2,1-2H3,(H2,18,19,20);1H. The van der Waals surface area contributed by atoms with Gasteiger partial charge in [0.2, 0.25) is 0 Å². The van der Waals surface area contributed by atoms with Crippen LogP contribution in [0.1, 0.15) is 26.7 Å². The van der Waals surface area contributed by atoms with Gasteiger partial charge in [-0.25, -0.2) is 0 Å². The van der Waals surface area contributed by atoms with Crippen LogP contribution < -0.4 is 10.6 Å². The van der Waals surface area contributed by atoms with E-state index in [1.807, 2.05) is 0 Å². The molecule has 0 aromatic rings. The lowest BCUT2D eigenvalue weighted by molar-refractivity contribution is 0.0220. The largest absolute Gasteiger partial charge is 0.379 e. The van der Waals surface area contributed by atoms with E-state index in [-0.39, 0.29) is 24.0 Å². The van der Waals surface area contributed by atoms with Gasteiger partial charge in [-0.3, -0.25) is 9.89 Å². The zero-order valence-electron chi connectivity index (χ0n) is 15.1. The molecule has 2 rings (SSSR count). The Labute approximate surface area is 163 Å². The Balaban J connectivity index is 0.00000288. The highest BCUT2D eigenvalue weighted by Gasteiger charge is 2.16. The van der Waals surface area contributed by atoms with Crippen LogP contribution in [0.2, 0.25) is 0 Å². The molecule has 1 unspecified atom stereocenters. The average molecular weight is 452 g/mol. The number of morpholine rings is 1. The van der Waals surface area contributed by atoms with Gasteiger partial charge in [0.1, 0.15) is 0 Å². The molecule has 7 heteroatoms. The van der Waals surface area contributed by atoms with Gasteiger partial charge >= 0.3 is 0 Å². The number of hydrogen-bond acceptors (Lipinski definition) is 4. The summed E-state index contributed by atoms with van der Waals surface area (Å²) >= 11 is 0. The fourth-order valence-electron chi connectivity index (χ4n) is 2.83. The second-order valence-electron chi connectivity index (χ2n) is 6.08. The third-order valence-corrected chi connectivity index (χ3v) is 4.32. The molecule has 24 heavy (non-hydrogen) atoms. The van der Waals surface area contributed by atoms with E-state index in [1.165, 1.54) is 5.57 Å². The minimum absolute atomic E-state index is 0. The minimum atomic E-state index is 0. The van der Waals surface area contributed by atoms with Crippen LogP contribution in [0.15, 0.2) is 16.6 Å². The predicted octanol–water partition coefficient (Wildman–Crippen LogP) is 1.62. The number of hydrogen-bond donors (Lipinski definition) is 2. The Hall–Kier alpha value is -0.380. The van der Waals surface area contributed by atoms with Gasteiger partial charge in [-0.1, -0.05) is 11.6 Å². The average Bonchev–Trinajstić information content (AvgIpc) is 2.61. The normalized spacial score (nSPS) is 20.8. The maximum Gasteiger partial charge on any atom is 0.191 e. The highest BCUT2D eigenvalue weighted by Crippen LogP contribution is 2.10. The molecule has 0 amide bonds. The Morgan fingerprint density at radius 2 is 2.04 bits per heavy atom. The molecule has 2 heterocycles. The Morgan fingerprint density at radius 1 is 1.25 bits per heavy atom. The number of ether oxygens (including phenoxy) is 2. The molecule has 140 valence electrons. The summed E-state index contributed by atoms with van der Waals surface area (Å²) in [6.07, 6.45) is 4.33. The molecule has 0 saturated carbocycles. The van der Waals surface area contributed by atoms with Crippen molar-refractivity contribution in [1.82, 2.24) is 15.5 Å². The van der Waals surface area contributed by atoms with Crippen LogP contribution in [0.4, 0.5) is 0 Å². The monoisotopic (exact) mass is 452 g/mol. The summed E-state index contributed by atoms with van der Waals surface area (Å²) in [4.78, 5) is 7.19. The summed E-state index contributed by atoms with van der Waals surface area (Å²) in [5.41, 5.74) is 1.49. The molecule has 0 spiro atoms. The topological polar surface area (TPSA) is 58.1 Å². The fraction of sp³-hybridized carbons (Fsp3) is 0.824. The van der Waals surface area contributed by atoms with Crippen molar-refractivity contribution in [3.63, 3.8) is 0 Å². The Kier molecular flexibility index (Phi) is 11.7. The van der Waals surface area contributed by atoms with Gasteiger partial charge in [0.25, 0.3) is 0 Å². The molecule has 0 aromatic heterocycles. The van der Waals surface area contributed by atoms with Crippen molar-refractivity contribution in [3.05, 3.63) is 11.6 Å². The summed E-state index contributed by atoms with van der Waals surface area (Å²) in [5.74, 6) is 0.917. The summed E-state index contributed by atoms with van der Waals surface area (Å²) in [7, 11) is 0. The highest BCUT2D eigenvalue weighted by molar-refractivity contribution is 14.0. The maximum absolute atomic E-state index is 5.41. The number of nitrogens with zero attached hydrogens (tertiary/aromatic N) is 2. The Morgan fingerprint density at radius 3 is 2.71 bits per heavy atom. The quantitative estimate of drug-likeness (QED) is 0.266. The molecular formula is C17H33IN4O2. The van der Waals surface area contributed by atoms with E-state index in [0.29, 0.717) is 6.04 Å². The van der Waals surface area contributed by atoms with Crippen LogP contribution in [-0.4, -0.2) is 76.1 Å². The first-order chi connectivity index (χ1) is 11.3. The number of guanidine groups is 1. The van der Waals surface area contributed by atoms with Crippen molar-refractivity contribution < 1.29 is 9.47 Å². The van der Waals surface area contributed by atoms with Crippen LogP contribution in [0.3, 0.4) is 0 Å². The maximum atomic E-state index is 5.41. The summed E-state index contributed by atoms with van der Waals surface area (Å²) in [6, 6.07) is 0.451. The van der Waals surface area contributed by atoms with Crippen LogP contribution in [0.25, 0.3) is 0 Å². The highest BCUT2D eigenvalue weighted by atomic mass is 127. The van der Waals surface area contributed by atoms with E-state index in [9.17, 15) is 0 Å². The van der Waals surface area contributed by atoms with Gasteiger partial charge in [0, 0.05) is 32.2 Å². The van der Waals surface area contributed by atoms with Crippen molar-refractivity contribution in [2.45, 2.75) is 32.7 Å². The molecule has 1 atom stereocenters. The molecule has 0 aliphatic carbocycles. The number of aliphatic imine (C=N–C) groups is 1. The van der Waals surface area contributed by atoms with Gasteiger partial charge < -0.3 is 20.1 Å². The summed E-state index contributed by atoms with van der Waals surface area (Å²) in [6.45, 7) is 12.3. The van der Waals surface area contributed by atoms with Crippen LogP contribution >= 0.6 is 24.0 Å². The molecule has 0 aromatic carbocycles. The van der Waals surface area contributed by atoms with Crippen molar-refractivity contribution >= 4 is 29.9 Å². The number of nitrogens with one attached hydrogen (secondary N) is 2. The SMILES string of the molecule is CCNC(=NCC(C)N1CCOCC1)NCCC1=CCOCC1.I. The summed E-state index contributed by atoms with van der Waals surface area (Å²) in [5, 5.41) is 6.77. The fourth-order valence-corrected chi connectivity index (χ4v) is 2.83. The van der Waals surface area contributed by atoms with Gasteiger partial charge in [0.05, 0.1) is 33.0 Å². The zero-order chi connectivity index (χ0) is 16.3. The third-order valence-electron chi connectivity index (χ3n) is 4.32. The van der Waals surface area contributed by atoms with Crippen molar-refractivity contribution in [2.75, 3.05) is 59.2 Å². The second-order valence-corrected chi connectivity index (χ2v) is 6.08. The lowest BCUT2D eigenvalue weighted by atomic mass is 10.1. The molecule has 0 bridgehead atoms. The first kappa shape index (κ1) is 21.7. The minimum Gasteiger partial charge on any atom is -0.379 e. The van der Waals surface area contributed by atoms with Crippen molar-refractivity contribution in [1.29, 1.82) is 0 Å². The van der Waals surface area contributed by atoms with E-state index >= 15 is 0 Å².